The Balaban J connectivity index is 2.31. The Kier molecular flexibility index (Phi) is 8.21. The van der Waals surface area contributed by atoms with E-state index in [9.17, 15) is 37.7 Å². The van der Waals surface area contributed by atoms with Gasteiger partial charge in [0.2, 0.25) is 0 Å². The molecule has 0 saturated carbocycles. The predicted octanol–water partition coefficient (Wildman–Crippen LogP) is -0.843. The molecule has 0 aliphatic carbocycles. The van der Waals surface area contributed by atoms with Crippen LogP contribution in [0.3, 0.4) is 0 Å². The number of phosphoric ester groups is 1. The minimum Gasteiger partial charge on any atom is -0.387 e. The van der Waals surface area contributed by atoms with E-state index in [4.69, 9.17) is 24.9 Å². The Morgan fingerprint density at radius 3 is 2.42 bits per heavy atom. The van der Waals surface area contributed by atoms with Crippen LogP contribution in [0.1, 0.15) is 6.23 Å². The first-order valence-corrected chi connectivity index (χ1v) is 12.6. The quantitative estimate of drug-likeness (QED) is 0.0911. The van der Waals surface area contributed by atoms with Crippen LogP contribution in [-0.2, 0) is 31.6 Å². The van der Waals surface area contributed by atoms with Crippen molar-refractivity contribution in [1.82, 2.24) is 9.55 Å². The minimum atomic E-state index is -5.88. The van der Waals surface area contributed by atoms with Gasteiger partial charge in [0.15, 0.2) is 12.4 Å². The van der Waals surface area contributed by atoms with Gasteiger partial charge in [0.05, 0.1) is 13.2 Å². The summed E-state index contributed by atoms with van der Waals surface area (Å²) in [6.45, 7) is -2.36. The summed E-state index contributed by atoms with van der Waals surface area (Å²) >= 11 is 0. The Labute approximate surface area is 180 Å². The first kappa shape index (κ1) is 27.5. The van der Waals surface area contributed by atoms with Crippen molar-refractivity contribution in [2.75, 3.05) is 13.2 Å². The molecule has 1 fully saturated rings. The molecule has 2 unspecified atom stereocenters. The molecule has 1 saturated heterocycles. The topological polar surface area (TPSA) is 293 Å². The highest BCUT2D eigenvalue weighted by molar-refractivity contribution is 7.66. The molecule has 23 heteroatoms. The number of aliphatic hydroxyl groups excluding tert-OH is 1. The molecule has 0 spiro atoms. The summed E-state index contributed by atoms with van der Waals surface area (Å²) in [4.78, 5) is 63.0. The number of H-pyrrole nitrogens is 1. The number of azide groups is 1. The summed E-state index contributed by atoms with van der Waals surface area (Å²) in [5, 5.41) is 13.4. The Hall–Kier alpha value is -1.75. The lowest BCUT2D eigenvalue weighted by molar-refractivity contribution is -0.120. The number of aliphatic hydroxyl groups is 1. The summed E-state index contributed by atoms with van der Waals surface area (Å²) in [5.41, 5.74) is 4.03. The van der Waals surface area contributed by atoms with Gasteiger partial charge < -0.3 is 29.4 Å². The van der Waals surface area contributed by atoms with Gasteiger partial charge >= 0.3 is 29.2 Å². The molecule has 6 N–H and O–H groups in total. The lowest BCUT2D eigenvalue weighted by Gasteiger charge is -2.30. The molecule has 1 aromatic heterocycles. The molecule has 0 radical (unpaired) electrons. The van der Waals surface area contributed by atoms with Crippen LogP contribution in [0.25, 0.3) is 10.4 Å². The molecule has 33 heavy (non-hydrogen) atoms. The number of halogens is 1. The van der Waals surface area contributed by atoms with E-state index in [1.165, 1.54) is 0 Å². The first-order valence-electron chi connectivity index (χ1n) is 8.11. The molecule has 2 rings (SSSR count). The fraction of sp³-hybridized carbons (Fsp3) is 0.600. The van der Waals surface area contributed by atoms with Crippen LogP contribution in [0, 0.1) is 0 Å². The summed E-state index contributed by atoms with van der Waals surface area (Å²) < 4.78 is 65.9. The second kappa shape index (κ2) is 9.85. The van der Waals surface area contributed by atoms with Crippen LogP contribution in [0.4, 0.5) is 4.39 Å². The second-order valence-corrected chi connectivity index (χ2v) is 10.7. The van der Waals surface area contributed by atoms with Crippen LogP contribution in [0.15, 0.2) is 27.0 Å². The molecular weight excluding hydrogens is 526 g/mol. The molecule has 186 valence electrons. The summed E-state index contributed by atoms with van der Waals surface area (Å²) in [5.74, 6) is 0. The SMILES string of the molecule is [N-]=[N+]=NC[C@]1(COP(=O)(O)OP(=O)(O)OP(=O)(O)O)O[C@@H](n2ccc(=O)[nH]c2=O)[C@H](F)[C@@H]1O. The molecule has 0 aromatic carbocycles. The summed E-state index contributed by atoms with van der Waals surface area (Å²) in [6.07, 6.45) is -5.94. The van der Waals surface area contributed by atoms with E-state index >= 15 is 0 Å². The van der Waals surface area contributed by atoms with Crippen molar-refractivity contribution in [3.8, 4) is 0 Å². The average Bonchev–Trinajstić information content (AvgIpc) is 2.88. The fourth-order valence-corrected chi connectivity index (χ4v) is 5.68. The molecule has 0 amide bonds. The molecule has 19 nitrogen and oxygen atoms in total. The van der Waals surface area contributed by atoms with Gasteiger partial charge in [0, 0.05) is 17.2 Å². The number of hydrogen-bond donors (Lipinski definition) is 6. The van der Waals surface area contributed by atoms with E-state index in [-0.39, 0.29) is 0 Å². The van der Waals surface area contributed by atoms with Crippen LogP contribution in [-0.4, -0.2) is 65.3 Å². The number of rotatable bonds is 10. The van der Waals surface area contributed by atoms with E-state index in [1.54, 1.807) is 4.98 Å². The third kappa shape index (κ3) is 7.11. The minimum absolute atomic E-state index is 0.498. The highest BCUT2D eigenvalue weighted by Gasteiger charge is 2.57. The Morgan fingerprint density at radius 2 is 1.88 bits per heavy atom. The van der Waals surface area contributed by atoms with Crippen molar-refractivity contribution in [1.29, 1.82) is 0 Å². The van der Waals surface area contributed by atoms with E-state index < -0.39 is 72.0 Å². The molecule has 0 bridgehead atoms. The third-order valence-electron chi connectivity index (χ3n) is 3.88. The van der Waals surface area contributed by atoms with E-state index in [2.05, 4.69) is 23.2 Å². The third-order valence-corrected chi connectivity index (χ3v) is 7.67. The number of nitrogens with zero attached hydrogens (tertiary/aromatic N) is 4. The van der Waals surface area contributed by atoms with Gasteiger partial charge in [0.25, 0.3) is 5.56 Å². The van der Waals surface area contributed by atoms with Gasteiger partial charge in [-0.3, -0.25) is 18.9 Å². The molecular formula is C10H15FN5O14P3. The lowest BCUT2D eigenvalue weighted by atomic mass is 9.97. The van der Waals surface area contributed by atoms with Crippen molar-refractivity contribution >= 4 is 23.5 Å². The van der Waals surface area contributed by atoms with Crippen LogP contribution < -0.4 is 11.2 Å². The van der Waals surface area contributed by atoms with E-state index in [1.807, 2.05) is 0 Å². The van der Waals surface area contributed by atoms with Gasteiger partial charge in [-0.25, -0.2) is 22.9 Å². The van der Waals surface area contributed by atoms with Crippen molar-refractivity contribution in [3.05, 3.63) is 43.5 Å². The van der Waals surface area contributed by atoms with Gasteiger partial charge in [-0.15, -0.1) is 0 Å². The van der Waals surface area contributed by atoms with Gasteiger partial charge in [-0.2, -0.15) is 8.62 Å². The molecule has 2 heterocycles. The standard InChI is InChI=1S/C10H15FN5O14P3/c11-6-7(18)10(3-13-15-12,28-8(6)16-2-1-5(17)14-9(16)19)4-27-32(23,24)30-33(25,26)29-31(20,21)22/h1-2,6-8,18H,3-4H2,(H,23,24)(H,25,26)(H,14,17,19)(H2,20,21,22)/t6-,7+,8-,10-/m1/s1. The van der Waals surface area contributed by atoms with Crippen LogP contribution in [0.5, 0.6) is 0 Å². The van der Waals surface area contributed by atoms with Crippen molar-refractivity contribution in [3.63, 3.8) is 0 Å². The summed E-state index contributed by atoms with van der Waals surface area (Å²) in [7, 11) is -17.3. The van der Waals surface area contributed by atoms with Gasteiger partial charge in [-0.05, 0) is 5.53 Å². The van der Waals surface area contributed by atoms with Crippen LogP contribution in [0.2, 0.25) is 0 Å². The number of aromatic amines is 1. The van der Waals surface area contributed by atoms with Crippen molar-refractivity contribution in [2.24, 2.45) is 5.11 Å². The van der Waals surface area contributed by atoms with E-state index in [0.717, 1.165) is 12.3 Å². The van der Waals surface area contributed by atoms with Crippen LogP contribution >= 0.6 is 23.5 Å². The lowest BCUT2D eigenvalue weighted by Crippen LogP contribution is -2.48. The normalized spacial score (nSPS) is 29.1. The zero-order valence-electron chi connectivity index (χ0n) is 15.7. The molecule has 1 aromatic rings. The van der Waals surface area contributed by atoms with E-state index in [0.29, 0.717) is 4.57 Å². The van der Waals surface area contributed by atoms with Crippen molar-refractivity contribution in [2.45, 2.75) is 24.1 Å². The first-order chi connectivity index (χ1) is 15.0. The zero-order chi connectivity index (χ0) is 25.2. The predicted molar refractivity (Wildman–Crippen MR) is 98.9 cm³/mol. The highest BCUT2D eigenvalue weighted by Crippen LogP contribution is 2.66. The average molecular weight is 541 g/mol. The number of alkyl halides is 1. The molecule has 6 atom stereocenters. The van der Waals surface area contributed by atoms with Gasteiger partial charge in [0.1, 0.15) is 11.7 Å². The Bertz CT molecular complexity index is 1190. The summed E-state index contributed by atoms with van der Waals surface area (Å²) in [6, 6.07) is 0.809. The maximum absolute atomic E-state index is 14.8. The Morgan fingerprint density at radius 1 is 1.24 bits per heavy atom. The number of aromatic nitrogens is 2. The smallest absolute Gasteiger partial charge is 0.387 e. The maximum atomic E-state index is 14.8. The second-order valence-electron chi connectivity index (χ2n) is 6.23. The maximum Gasteiger partial charge on any atom is 0.490 e. The molecule has 1 aliphatic rings. The zero-order valence-corrected chi connectivity index (χ0v) is 18.4. The molecule has 1 aliphatic heterocycles. The number of nitrogens with one attached hydrogen (secondary N) is 1. The number of phosphoric acid groups is 3. The number of hydrogen-bond acceptors (Lipinski definition) is 11. The number of ether oxygens (including phenoxy) is 1. The highest BCUT2D eigenvalue weighted by atomic mass is 31.3. The fourth-order valence-electron chi connectivity index (χ4n) is 2.60. The van der Waals surface area contributed by atoms with Crippen molar-refractivity contribution < 1.29 is 60.6 Å². The van der Waals surface area contributed by atoms with Gasteiger partial charge in [-0.1, -0.05) is 5.11 Å². The monoisotopic (exact) mass is 541 g/mol. The largest absolute Gasteiger partial charge is 0.490 e.